The number of carbonyl (C=O) groups is 1. The van der Waals surface area contributed by atoms with Gasteiger partial charge in [0.05, 0.1) is 18.2 Å². The molecule has 0 aliphatic carbocycles. The molecule has 0 saturated carbocycles. The Morgan fingerprint density at radius 3 is 2.42 bits per heavy atom. The molecule has 2 rings (SSSR count). The van der Waals surface area contributed by atoms with Crippen LogP contribution in [-0.2, 0) is 11.7 Å². The van der Waals surface area contributed by atoms with Crippen LogP contribution in [0, 0.1) is 6.92 Å². The van der Waals surface area contributed by atoms with E-state index in [0.29, 0.717) is 5.56 Å². The fraction of sp³-hybridized carbons (Fsp3) is 0.353. The van der Waals surface area contributed by atoms with Crippen molar-refractivity contribution in [2.24, 2.45) is 0 Å². The first-order chi connectivity index (χ1) is 11.9. The lowest BCUT2D eigenvalue weighted by Crippen LogP contribution is -2.42. The zero-order chi connectivity index (χ0) is 19.7. The van der Waals surface area contributed by atoms with Crippen molar-refractivity contribution >= 4 is 5.91 Å². The lowest BCUT2D eigenvalue weighted by atomic mass is 9.92. The summed E-state index contributed by atoms with van der Waals surface area (Å²) in [4.78, 5) is 30.3. The van der Waals surface area contributed by atoms with Crippen LogP contribution >= 0.6 is 0 Å². The fourth-order valence-electron chi connectivity index (χ4n) is 2.49. The van der Waals surface area contributed by atoms with Gasteiger partial charge >= 0.3 is 6.18 Å². The number of hydrogen-bond donors (Lipinski definition) is 2. The molecule has 0 unspecified atom stereocenters. The van der Waals surface area contributed by atoms with Crippen LogP contribution in [0.2, 0.25) is 0 Å². The molecule has 0 radical (unpaired) electrons. The summed E-state index contributed by atoms with van der Waals surface area (Å²) in [6.45, 7) is 4.74. The van der Waals surface area contributed by atoms with Crippen molar-refractivity contribution < 1.29 is 22.7 Å². The van der Waals surface area contributed by atoms with Crippen molar-refractivity contribution in [1.82, 2.24) is 15.3 Å². The van der Waals surface area contributed by atoms with Crippen LogP contribution in [0.4, 0.5) is 13.2 Å². The number of aryl methyl sites for hydroxylation is 1. The van der Waals surface area contributed by atoms with E-state index < -0.39 is 28.7 Å². The summed E-state index contributed by atoms with van der Waals surface area (Å²) < 4.78 is 43.7. The van der Waals surface area contributed by atoms with Gasteiger partial charge < -0.3 is 15.0 Å². The lowest BCUT2D eigenvalue weighted by Gasteiger charge is -2.29. The predicted octanol–water partition coefficient (Wildman–Crippen LogP) is 2.77. The Kier molecular flexibility index (Phi) is 5.11. The number of H-pyrrole nitrogens is 1. The number of aromatic nitrogens is 2. The Balaban J connectivity index is 2.37. The summed E-state index contributed by atoms with van der Waals surface area (Å²) in [5.41, 5.74) is -2.15. The van der Waals surface area contributed by atoms with Crippen molar-refractivity contribution in [3.8, 4) is 5.75 Å². The van der Waals surface area contributed by atoms with Crippen LogP contribution in [0.5, 0.6) is 5.75 Å². The maximum absolute atomic E-state index is 12.9. The maximum atomic E-state index is 12.9. The molecule has 0 bridgehead atoms. The first-order valence-corrected chi connectivity index (χ1v) is 7.60. The highest BCUT2D eigenvalue weighted by molar-refractivity contribution is 5.92. The monoisotopic (exact) mass is 369 g/mol. The zero-order valence-electron chi connectivity index (χ0n) is 14.6. The number of amides is 1. The van der Waals surface area contributed by atoms with Crippen molar-refractivity contribution in [2.45, 2.75) is 32.5 Å². The summed E-state index contributed by atoms with van der Waals surface area (Å²) in [5.74, 6) is -0.376. The summed E-state index contributed by atoms with van der Waals surface area (Å²) in [5, 5.41) is 2.66. The number of ether oxygens (including phenoxy) is 1. The number of rotatable bonds is 4. The largest absolute Gasteiger partial charge is 0.496 e. The SMILES string of the molecule is COc1cc(C(F)(F)F)ccc1C(C)(C)NC(=O)c1cc(=O)[nH]c(C)n1. The van der Waals surface area contributed by atoms with Crippen LogP contribution in [0.15, 0.2) is 29.1 Å². The number of nitrogens with one attached hydrogen (secondary N) is 2. The topological polar surface area (TPSA) is 84.1 Å². The minimum absolute atomic E-state index is 0.0137. The molecule has 26 heavy (non-hydrogen) atoms. The van der Waals surface area contributed by atoms with Gasteiger partial charge in [-0.2, -0.15) is 13.2 Å². The standard InChI is InChI=1S/C17H18F3N3O3/c1-9-21-12(8-14(24)22-9)15(25)23-16(2,3)11-6-5-10(17(18,19)20)7-13(11)26-4/h5-8H,1-4H3,(H,23,25)(H,21,22,24). The summed E-state index contributed by atoms with van der Waals surface area (Å²) in [6.07, 6.45) is -4.51. The molecule has 6 nitrogen and oxygen atoms in total. The predicted molar refractivity (Wildman–Crippen MR) is 88.1 cm³/mol. The maximum Gasteiger partial charge on any atom is 0.416 e. The zero-order valence-corrected chi connectivity index (χ0v) is 14.6. The number of nitrogens with zero attached hydrogens (tertiary/aromatic N) is 1. The van der Waals surface area contributed by atoms with Gasteiger partial charge in [0, 0.05) is 11.6 Å². The molecule has 0 saturated heterocycles. The van der Waals surface area contributed by atoms with Gasteiger partial charge in [0.15, 0.2) is 0 Å². The smallest absolute Gasteiger partial charge is 0.416 e. The Bertz CT molecular complexity index is 889. The quantitative estimate of drug-likeness (QED) is 0.868. The molecule has 1 aromatic heterocycles. The number of carbonyl (C=O) groups excluding carboxylic acids is 1. The van der Waals surface area contributed by atoms with Crippen LogP contribution < -0.4 is 15.6 Å². The molecule has 1 amide bonds. The van der Waals surface area contributed by atoms with E-state index in [9.17, 15) is 22.8 Å². The Morgan fingerprint density at radius 1 is 1.23 bits per heavy atom. The summed E-state index contributed by atoms with van der Waals surface area (Å²) in [7, 11) is 1.25. The van der Waals surface area contributed by atoms with E-state index in [-0.39, 0.29) is 17.3 Å². The van der Waals surface area contributed by atoms with E-state index in [2.05, 4.69) is 15.3 Å². The van der Waals surface area contributed by atoms with Gasteiger partial charge in [0.1, 0.15) is 17.3 Å². The van der Waals surface area contributed by atoms with Crippen LogP contribution in [0.1, 0.15) is 41.3 Å². The number of methoxy groups -OCH3 is 1. The molecule has 9 heteroatoms. The third-order valence-electron chi connectivity index (χ3n) is 3.72. The number of benzene rings is 1. The highest BCUT2D eigenvalue weighted by Crippen LogP contribution is 2.36. The fourth-order valence-corrected chi connectivity index (χ4v) is 2.49. The molecular weight excluding hydrogens is 351 g/mol. The van der Waals surface area contributed by atoms with Crippen molar-refractivity contribution in [3.05, 3.63) is 57.3 Å². The molecule has 0 aliphatic rings. The average molecular weight is 369 g/mol. The molecule has 2 N–H and O–H groups in total. The highest BCUT2D eigenvalue weighted by Gasteiger charge is 2.34. The van der Waals surface area contributed by atoms with Gasteiger partial charge in [-0.05, 0) is 32.9 Å². The molecule has 0 fully saturated rings. The second-order valence-corrected chi connectivity index (χ2v) is 6.21. The Labute approximate surface area is 147 Å². The van der Waals surface area contributed by atoms with Crippen molar-refractivity contribution in [3.63, 3.8) is 0 Å². The van der Waals surface area contributed by atoms with Crippen LogP contribution in [0.25, 0.3) is 0 Å². The van der Waals surface area contributed by atoms with Gasteiger partial charge in [-0.25, -0.2) is 4.98 Å². The van der Waals surface area contributed by atoms with E-state index >= 15 is 0 Å². The summed E-state index contributed by atoms with van der Waals surface area (Å²) >= 11 is 0. The molecule has 1 aromatic carbocycles. The van der Waals surface area contributed by atoms with Gasteiger partial charge in [-0.3, -0.25) is 9.59 Å². The van der Waals surface area contributed by atoms with E-state index in [1.807, 2.05) is 0 Å². The highest BCUT2D eigenvalue weighted by atomic mass is 19.4. The third kappa shape index (κ3) is 4.22. The Morgan fingerprint density at radius 2 is 1.88 bits per heavy atom. The van der Waals surface area contributed by atoms with Gasteiger partial charge in [-0.1, -0.05) is 6.07 Å². The second-order valence-electron chi connectivity index (χ2n) is 6.21. The minimum Gasteiger partial charge on any atom is -0.496 e. The number of halogens is 3. The third-order valence-corrected chi connectivity index (χ3v) is 3.72. The van der Waals surface area contributed by atoms with Crippen LogP contribution in [-0.4, -0.2) is 23.0 Å². The number of aromatic amines is 1. The van der Waals surface area contributed by atoms with Crippen molar-refractivity contribution in [1.29, 1.82) is 0 Å². The second kappa shape index (κ2) is 6.81. The molecule has 0 atom stereocenters. The minimum atomic E-state index is -4.51. The molecule has 0 spiro atoms. The molecule has 0 aliphatic heterocycles. The van der Waals surface area contributed by atoms with E-state index in [4.69, 9.17) is 4.74 Å². The summed E-state index contributed by atoms with van der Waals surface area (Å²) in [6, 6.07) is 4.08. The van der Waals surface area contributed by atoms with Gasteiger partial charge in [0.25, 0.3) is 11.5 Å². The van der Waals surface area contributed by atoms with E-state index in [1.54, 1.807) is 13.8 Å². The molecule has 2 aromatic rings. The first-order valence-electron chi connectivity index (χ1n) is 7.60. The van der Waals surface area contributed by atoms with Crippen molar-refractivity contribution in [2.75, 3.05) is 7.11 Å². The van der Waals surface area contributed by atoms with E-state index in [1.165, 1.54) is 20.1 Å². The van der Waals surface area contributed by atoms with Gasteiger partial charge in [-0.15, -0.1) is 0 Å². The molecule has 140 valence electrons. The average Bonchev–Trinajstić information content (AvgIpc) is 2.52. The number of hydrogen-bond acceptors (Lipinski definition) is 4. The Hall–Kier alpha value is -2.84. The molecular formula is C17H18F3N3O3. The van der Waals surface area contributed by atoms with Crippen LogP contribution in [0.3, 0.4) is 0 Å². The molecule has 1 heterocycles. The first kappa shape index (κ1) is 19.5. The van der Waals surface area contributed by atoms with Gasteiger partial charge in [0.2, 0.25) is 0 Å². The number of alkyl halides is 3. The normalized spacial score (nSPS) is 12.0. The lowest BCUT2D eigenvalue weighted by molar-refractivity contribution is -0.137. The van der Waals surface area contributed by atoms with E-state index in [0.717, 1.165) is 18.2 Å².